The maximum atomic E-state index is 11.6. The average molecular weight is 215 g/mol. The number of carbonyl (C=O) groups excluding carboxylic acids is 1. The molecule has 82 valence electrons. The van der Waals surface area contributed by atoms with Crippen LogP contribution in [0.4, 0.5) is 0 Å². The van der Waals surface area contributed by atoms with Gasteiger partial charge in [0.25, 0.3) is 0 Å². The number of aliphatic imine (C=N–C) groups is 1. The first-order valence-corrected chi connectivity index (χ1v) is 5.23. The van der Waals surface area contributed by atoms with Crippen LogP contribution in [0.25, 0.3) is 0 Å². The van der Waals surface area contributed by atoms with Gasteiger partial charge < -0.3 is 4.74 Å². The van der Waals surface area contributed by atoms with Gasteiger partial charge in [-0.05, 0) is 11.6 Å². The van der Waals surface area contributed by atoms with E-state index in [1.165, 1.54) is 0 Å². The van der Waals surface area contributed by atoms with Gasteiger partial charge in [-0.3, -0.25) is 9.79 Å². The summed E-state index contributed by atoms with van der Waals surface area (Å²) in [5, 5.41) is 0. The zero-order valence-corrected chi connectivity index (χ0v) is 8.87. The third-order valence-electron chi connectivity index (χ3n) is 2.33. The molecule has 0 aromatic heterocycles. The first-order chi connectivity index (χ1) is 7.86. The molecule has 0 aliphatic carbocycles. The molecule has 0 saturated heterocycles. The van der Waals surface area contributed by atoms with Gasteiger partial charge in [0.15, 0.2) is 5.78 Å². The third kappa shape index (κ3) is 2.87. The summed E-state index contributed by atoms with van der Waals surface area (Å²) >= 11 is 0. The molecule has 0 N–H and O–H groups in total. The van der Waals surface area contributed by atoms with Crippen molar-refractivity contribution in [1.82, 2.24) is 0 Å². The molecule has 1 aromatic carbocycles. The Morgan fingerprint density at radius 2 is 2.12 bits per heavy atom. The summed E-state index contributed by atoms with van der Waals surface area (Å²) < 4.78 is 5.54. The highest BCUT2D eigenvalue weighted by Crippen LogP contribution is 2.08. The standard InChI is InChI=1S/C13H13NO2/c15-12-6-8-14-9-7-13(12)16-10-11-4-2-1-3-5-11/h1-5,7-9,13H,6,10H2. The largest absolute Gasteiger partial charge is 0.362 e. The number of benzene rings is 1. The van der Waals surface area contributed by atoms with E-state index in [1.807, 2.05) is 30.3 Å². The molecular formula is C13H13NO2. The molecule has 1 heterocycles. The molecule has 0 bridgehead atoms. The van der Waals surface area contributed by atoms with Crippen molar-refractivity contribution in [3.8, 4) is 0 Å². The van der Waals surface area contributed by atoms with Crippen LogP contribution in [-0.4, -0.2) is 18.1 Å². The van der Waals surface area contributed by atoms with Crippen molar-refractivity contribution in [2.24, 2.45) is 4.99 Å². The van der Waals surface area contributed by atoms with Crippen molar-refractivity contribution in [3.05, 3.63) is 48.2 Å². The minimum Gasteiger partial charge on any atom is -0.362 e. The number of carbonyl (C=O) groups is 1. The Morgan fingerprint density at radius 1 is 1.31 bits per heavy atom. The zero-order valence-electron chi connectivity index (χ0n) is 8.87. The molecule has 0 fully saturated rings. The lowest BCUT2D eigenvalue weighted by Crippen LogP contribution is -2.21. The van der Waals surface area contributed by atoms with E-state index in [1.54, 1.807) is 18.5 Å². The van der Waals surface area contributed by atoms with Crippen LogP contribution in [0.15, 0.2) is 47.6 Å². The molecule has 16 heavy (non-hydrogen) atoms. The molecule has 1 atom stereocenters. The minimum absolute atomic E-state index is 0.0495. The van der Waals surface area contributed by atoms with Crippen molar-refractivity contribution >= 4 is 12.0 Å². The summed E-state index contributed by atoms with van der Waals surface area (Å²) in [4.78, 5) is 15.5. The Labute approximate surface area is 94.5 Å². The fraction of sp³-hybridized carbons (Fsp3) is 0.231. The molecular weight excluding hydrogens is 202 g/mol. The van der Waals surface area contributed by atoms with E-state index in [4.69, 9.17) is 4.74 Å². The van der Waals surface area contributed by atoms with Crippen LogP contribution in [0.2, 0.25) is 0 Å². The van der Waals surface area contributed by atoms with E-state index >= 15 is 0 Å². The lowest BCUT2D eigenvalue weighted by atomic mass is 10.2. The number of hydrogen-bond donors (Lipinski definition) is 0. The van der Waals surface area contributed by atoms with E-state index in [2.05, 4.69) is 4.99 Å². The van der Waals surface area contributed by atoms with E-state index in [0.29, 0.717) is 13.0 Å². The average Bonchev–Trinajstić information content (AvgIpc) is 2.53. The third-order valence-corrected chi connectivity index (χ3v) is 2.33. The van der Waals surface area contributed by atoms with Crippen molar-refractivity contribution in [1.29, 1.82) is 0 Å². The van der Waals surface area contributed by atoms with E-state index in [0.717, 1.165) is 5.56 Å². The summed E-state index contributed by atoms with van der Waals surface area (Å²) in [7, 11) is 0. The molecule has 2 rings (SSSR count). The number of hydrogen-bond acceptors (Lipinski definition) is 3. The van der Waals surface area contributed by atoms with Gasteiger partial charge in [0.2, 0.25) is 0 Å². The fourth-order valence-electron chi connectivity index (χ4n) is 1.46. The summed E-state index contributed by atoms with van der Waals surface area (Å²) in [6, 6.07) is 9.80. The molecule has 1 aliphatic rings. The number of ketones is 1. The van der Waals surface area contributed by atoms with Gasteiger partial charge in [-0.15, -0.1) is 0 Å². The molecule has 0 spiro atoms. The molecule has 3 nitrogen and oxygen atoms in total. The number of Topliss-reactive ketones (excluding diaryl/α,β-unsaturated/α-hetero) is 1. The summed E-state index contributed by atoms with van der Waals surface area (Å²) in [6.07, 6.45) is 4.77. The quantitative estimate of drug-likeness (QED) is 0.774. The highest BCUT2D eigenvalue weighted by molar-refractivity contribution is 5.96. The van der Waals surface area contributed by atoms with Gasteiger partial charge in [0.1, 0.15) is 6.10 Å². The van der Waals surface area contributed by atoms with Crippen molar-refractivity contribution in [2.75, 3.05) is 0 Å². The van der Waals surface area contributed by atoms with Gasteiger partial charge in [-0.25, -0.2) is 0 Å². The number of rotatable bonds is 3. The Morgan fingerprint density at radius 3 is 2.94 bits per heavy atom. The first kappa shape index (κ1) is 10.8. The van der Waals surface area contributed by atoms with E-state index in [-0.39, 0.29) is 5.78 Å². The molecule has 0 saturated carbocycles. The van der Waals surface area contributed by atoms with E-state index < -0.39 is 6.10 Å². The SMILES string of the molecule is O=C1CC=NC=CC1OCc1ccccc1. The molecule has 1 aliphatic heterocycles. The topological polar surface area (TPSA) is 38.7 Å². The second-order valence-corrected chi connectivity index (χ2v) is 3.56. The number of nitrogens with zero attached hydrogens (tertiary/aromatic N) is 1. The van der Waals surface area contributed by atoms with Gasteiger partial charge in [0.05, 0.1) is 6.61 Å². The normalized spacial score (nSPS) is 19.8. The van der Waals surface area contributed by atoms with Crippen LogP contribution in [0.5, 0.6) is 0 Å². The Hall–Kier alpha value is -1.74. The summed E-state index contributed by atoms with van der Waals surface area (Å²) in [5.41, 5.74) is 1.06. The van der Waals surface area contributed by atoms with Crippen LogP contribution >= 0.6 is 0 Å². The van der Waals surface area contributed by atoms with Crippen molar-refractivity contribution < 1.29 is 9.53 Å². The molecule has 1 aromatic rings. The maximum Gasteiger partial charge on any atom is 0.170 e. The monoisotopic (exact) mass is 215 g/mol. The van der Waals surface area contributed by atoms with Crippen LogP contribution < -0.4 is 0 Å². The fourth-order valence-corrected chi connectivity index (χ4v) is 1.46. The smallest absolute Gasteiger partial charge is 0.170 e. The second-order valence-electron chi connectivity index (χ2n) is 3.56. The van der Waals surface area contributed by atoms with Crippen LogP contribution in [-0.2, 0) is 16.1 Å². The van der Waals surface area contributed by atoms with Gasteiger partial charge in [0, 0.05) is 18.8 Å². The Balaban J connectivity index is 1.93. The molecule has 1 unspecified atom stereocenters. The Bertz CT molecular complexity index is 409. The molecule has 0 radical (unpaired) electrons. The van der Waals surface area contributed by atoms with Crippen molar-refractivity contribution in [3.63, 3.8) is 0 Å². The zero-order chi connectivity index (χ0) is 11.2. The molecule has 0 amide bonds. The lowest BCUT2D eigenvalue weighted by Gasteiger charge is -2.10. The second kappa shape index (κ2) is 5.37. The predicted octanol–water partition coefficient (Wildman–Crippen LogP) is 2.13. The highest BCUT2D eigenvalue weighted by Gasteiger charge is 2.16. The van der Waals surface area contributed by atoms with Crippen molar-refractivity contribution in [2.45, 2.75) is 19.1 Å². The summed E-state index contributed by atoms with van der Waals surface area (Å²) in [5.74, 6) is 0.0495. The van der Waals surface area contributed by atoms with E-state index in [9.17, 15) is 4.79 Å². The first-order valence-electron chi connectivity index (χ1n) is 5.23. The molecule has 3 heteroatoms. The summed E-state index contributed by atoms with van der Waals surface area (Å²) in [6.45, 7) is 0.446. The maximum absolute atomic E-state index is 11.6. The minimum atomic E-state index is -0.470. The van der Waals surface area contributed by atoms with Crippen LogP contribution in [0, 0.1) is 0 Å². The Kier molecular flexibility index (Phi) is 3.62. The predicted molar refractivity (Wildman–Crippen MR) is 62.3 cm³/mol. The van der Waals surface area contributed by atoms with Crippen LogP contribution in [0.3, 0.4) is 0 Å². The van der Waals surface area contributed by atoms with Gasteiger partial charge in [-0.2, -0.15) is 0 Å². The van der Waals surface area contributed by atoms with Crippen LogP contribution in [0.1, 0.15) is 12.0 Å². The lowest BCUT2D eigenvalue weighted by molar-refractivity contribution is -0.127. The van der Waals surface area contributed by atoms with Gasteiger partial charge >= 0.3 is 0 Å². The van der Waals surface area contributed by atoms with Gasteiger partial charge in [-0.1, -0.05) is 30.3 Å². The number of ether oxygens (including phenoxy) is 1. The highest BCUT2D eigenvalue weighted by atomic mass is 16.5.